The lowest BCUT2D eigenvalue weighted by Crippen LogP contribution is -2.20. The summed E-state index contributed by atoms with van der Waals surface area (Å²) in [5, 5.41) is 5.71. The van der Waals surface area contributed by atoms with Crippen molar-refractivity contribution in [1.29, 1.82) is 0 Å². The first-order valence-corrected chi connectivity index (χ1v) is 9.48. The summed E-state index contributed by atoms with van der Waals surface area (Å²) < 4.78 is 28.0. The Labute approximate surface area is 178 Å². The quantitative estimate of drug-likeness (QED) is 0.537. The molecule has 9 heteroatoms. The van der Waals surface area contributed by atoms with E-state index in [1.54, 1.807) is 43.6 Å². The predicted octanol–water partition coefficient (Wildman–Crippen LogP) is 3.68. The van der Waals surface area contributed by atoms with Crippen LogP contribution in [0, 0.1) is 0 Å². The molecule has 0 spiro atoms. The molecule has 0 fully saturated rings. The SMILES string of the molecule is CN(/N=C/C=C/c1ccc(N(C)C)cc1)C1=NS(=O)(=O)c2ccccc21.Cl.Cl. The Balaban J connectivity index is 0.00000196. The molecule has 1 aliphatic rings. The van der Waals surface area contributed by atoms with Crippen molar-refractivity contribution in [3.05, 3.63) is 65.7 Å². The third kappa shape index (κ3) is 5.13. The molecule has 0 N–H and O–H groups in total. The predicted molar refractivity (Wildman–Crippen MR) is 121 cm³/mol. The van der Waals surface area contributed by atoms with Gasteiger partial charge < -0.3 is 4.90 Å². The maximum absolute atomic E-state index is 12.1. The van der Waals surface area contributed by atoms with Crippen LogP contribution in [0.4, 0.5) is 5.69 Å². The molecule has 0 bridgehead atoms. The largest absolute Gasteiger partial charge is 0.378 e. The van der Waals surface area contributed by atoms with Crippen molar-refractivity contribution in [1.82, 2.24) is 5.01 Å². The molecule has 2 aromatic carbocycles. The third-order valence-electron chi connectivity index (χ3n) is 3.94. The number of nitrogens with zero attached hydrogens (tertiary/aromatic N) is 4. The first-order chi connectivity index (χ1) is 12.4. The summed E-state index contributed by atoms with van der Waals surface area (Å²) in [5.41, 5.74) is 2.75. The van der Waals surface area contributed by atoms with Crippen molar-refractivity contribution in [2.75, 3.05) is 26.0 Å². The first-order valence-electron chi connectivity index (χ1n) is 8.04. The van der Waals surface area contributed by atoms with Crippen LogP contribution in [0.2, 0.25) is 0 Å². The maximum atomic E-state index is 12.1. The Kier molecular flexibility index (Phi) is 8.23. The number of rotatable bonds is 4. The number of amidine groups is 1. The molecule has 0 aliphatic carbocycles. The molecular formula is C19H22Cl2N4O2S. The van der Waals surface area contributed by atoms with Gasteiger partial charge in [-0.15, -0.1) is 29.2 Å². The van der Waals surface area contributed by atoms with Crippen LogP contribution >= 0.6 is 24.8 Å². The van der Waals surface area contributed by atoms with Gasteiger partial charge in [0.25, 0.3) is 10.0 Å². The summed E-state index contributed by atoms with van der Waals surface area (Å²) in [6.07, 6.45) is 5.34. The van der Waals surface area contributed by atoms with Gasteiger partial charge in [-0.05, 0) is 35.9 Å². The highest BCUT2D eigenvalue weighted by Crippen LogP contribution is 2.26. The average molecular weight is 441 g/mol. The second-order valence-corrected chi connectivity index (χ2v) is 7.59. The third-order valence-corrected chi connectivity index (χ3v) is 5.27. The summed E-state index contributed by atoms with van der Waals surface area (Å²) in [6, 6.07) is 14.9. The van der Waals surface area contributed by atoms with Crippen LogP contribution in [0.5, 0.6) is 0 Å². The summed E-state index contributed by atoms with van der Waals surface area (Å²) in [6.45, 7) is 0. The molecular weight excluding hydrogens is 419 g/mol. The van der Waals surface area contributed by atoms with E-state index in [1.165, 1.54) is 5.01 Å². The molecule has 0 atom stereocenters. The smallest absolute Gasteiger partial charge is 0.285 e. The zero-order chi connectivity index (χ0) is 18.7. The molecule has 2 aromatic rings. The number of hydrazone groups is 1. The number of halogens is 2. The first kappa shape index (κ1) is 23.7. The summed E-state index contributed by atoms with van der Waals surface area (Å²) >= 11 is 0. The van der Waals surface area contributed by atoms with Gasteiger partial charge in [0.1, 0.15) is 4.90 Å². The topological polar surface area (TPSA) is 65.3 Å². The minimum Gasteiger partial charge on any atom is -0.378 e. The standard InChI is InChI=1S/C19H20N4O2S.2ClH/c1-22(2)16-12-10-15(11-13-16)7-6-14-20-23(3)19-17-8-4-5-9-18(17)26(24,25)21-19;;/h4-14H,1-3H3;2*1H/b7-6+,20-14+;;. The van der Waals surface area contributed by atoms with Gasteiger partial charge in [0, 0.05) is 38.6 Å². The van der Waals surface area contributed by atoms with E-state index in [1.807, 2.05) is 49.3 Å². The summed E-state index contributed by atoms with van der Waals surface area (Å²) in [5.74, 6) is 0.320. The van der Waals surface area contributed by atoms with Gasteiger partial charge in [0.2, 0.25) is 0 Å². The molecule has 0 saturated carbocycles. The van der Waals surface area contributed by atoms with Crippen LogP contribution in [0.25, 0.3) is 6.08 Å². The number of benzene rings is 2. The highest BCUT2D eigenvalue weighted by molar-refractivity contribution is 7.90. The lowest BCUT2D eigenvalue weighted by atomic mass is 10.2. The molecule has 3 rings (SSSR count). The van der Waals surface area contributed by atoms with Crippen molar-refractivity contribution in [2.45, 2.75) is 4.90 Å². The van der Waals surface area contributed by atoms with Gasteiger partial charge >= 0.3 is 0 Å². The van der Waals surface area contributed by atoms with Crippen molar-refractivity contribution in [3.63, 3.8) is 0 Å². The van der Waals surface area contributed by atoms with Crippen LogP contribution in [-0.4, -0.2) is 46.6 Å². The van der Waals surface area contributed by atoms with E-state index < -0.39 is 10.0 Å². The highest BCUT2D eigenvalue weighted by atomic mass is 35.5. The van der Waals surface area contributed by atoms with Crippen LogP contribution < -0.4 is 4.90 Å². The van der Waals surface area contributed by atoms with Gasteiger partial charge in [-0.1, -0.05) is 30.3 Å². The Bertz CT molecular complexity index is 1000. The van der Waals surface area contributed by atoms with Gasteiger partial charge in [-0.3, -0.25) is 0 Å². The number of hydrogen-bond donors (Lipinski definition) is 0. The Morgan fingerprint density at radius 1 is 0.964 bits per heavy atom. The minimum atomic E-state index is -3.63. The lowest BCUT2D eigenvalue weighted by Gasteiger charge is -2.12. The van der Waals surface area contributed by atoms with Gasteiger partial charge in [-0.25, -0.2) is 5.01 Å². The van der Waals surface area contributed by atoms with E-state index in [4.69, 9.17) is 0 Å². The zero-order valence-electron chi connectivity index (χ0n) is 15.7. The Hall–Kier alpha value is -2.35. The van der Waals surface area contributed by atoms with E-state index in [0.717, 1.165) is 11.3 Å². The molecule has 150 valence electrons. The second kappa shape index (κ2) is 9.73. The van der Waals surface area contributed by atoms with Crippen LogP contribution in [0.1, 0.15) is 11.1 Å². The average Bonchev–Trinajstić information content (AvgIpc) is 2.91. The number of anilines is 1. The fraction of sp³-hybridized carbons (Fsp3) is 0.158. The number of fused-ring (bicyclic) bond motifs is 1. The second-order valence-electron chi connectivity index (χ2n) is 6.02. The van der Waals surface area contributed by atoms with Crippen LogP contribution in [0.15, 0.2) is 69.0 Å². The number of sulfonamides is 1. The molecule has 1 heterocycles. The normalized spacial score (nSPS) is 14.2. The van der Waals surface area contributed by atoms with Gasteiger partial charge in [-0.2, -0.15) is 13.5 Å². The zero-order valence-corrected chi connectivity index (χ0v) is 18.1. The van der Waals surface area contributed by atoms with Crippen molar-refractivity contribution in [3.8, 4) is 0 Å². The lowest BCUT2D eigenvalue weighted by molar-refractivity contribution is 0.549. The van der Waals surface area contributed by atoms with E-state index >= 15 is 0 Å². The fourth-order valence-corrected chi connectivity index (χ4v) is 3.78. The van der Waals surface area contributed by atoms with Gasteiger partial charge in [0.15, 0.2) is 5.84 Å². The molecule has 0 aromatic heterocycles. The molecule has 1 aliphatic heterocycles. The van der Waals surface area contributed by atoms with E-state index in [2.05, 4.69) is 9.50 Å². The Morgan fingerprint density at radius 3 is 2.25 bits per heavy atom. The monoisotopic (exact) mass is 440 g/mol. The van der Waals surface area contributed by atoms with E-state index in [9.17, 15) is 8.42 Å². The molecule has 0 radical (unpaired) electrons. The van der Waals surface area contributed by atoms with E-state index in [0.29, 0.717) is 11.4 Å². The van der Waals surface area contributed by atoms with Crippen LogP contribution in [-0.2, 0) is 10.0 Å². The van der Waals surface area contributed by atoms with Crippen molar-refractivity contribution in [2.24, 2.45) is 9.50 Å². The maximum Gasteiger partial charge on any atom is 0.285 e. The molecule has 28 heavy (non-hydrogen) atoms. The van der Waals surface area contributed by atoms with Crippen LogP contribution in [0.3, 0.4) is 0 Å². The molecule has 0 amide bonds. The summed E-state index contributed by atoms with van der Waals surface area (Å²) in [7, 11) is 2.03. The molecule has 0 unspecified atom stereocenters. The molecule has 0 saturated heterocycles. The van der Waals surface area contributed by atoms with Gasteiger partial charge in [0.05, 0.1) is 0 Å². The minimum absolute atomic E-state index is 0. The summed E-state index contributed by atoms with van der Waals surface area (Å²) in [4.78, 5) is 2.26. The Morgan fingerprint density at radius 2 is 1.61 bits per heavy atom. The highest BCUT2D eigenvalue weighted by Gasteiger charge is 2.30. The van der Waals surface area contributed by atoms with E-state index in [-0.39, 0.29) is 29.7 Å². The number of hydrogen-bond acceptors (Lipinski definition) is 5. The van der Waals surface area contributed by atoms with Crippen molar-refractivity contribution >= 4 is 58.7 Å². The van der Waals surface area contributed by atoms with Crippen molar-refractivity contribution < 1.29 is 8.42 Å². The number of allylic oxidation sites excluding steroid dienone is 1. The fourth-order valence-electron chi connectivity index (χ4n) is 2.55. The molecule has 6 nitrogen and oxygen atoms in total.